The number of fused-ring (bicyclic) bond motifs is 1. The fraction of sp³-hybridized carbons (Fsp3) is 0.467. The smallest absolute Gasteiger partial charge is 0.320 e. The summed E-state index contributed by atoms with van der Waals surface area (Å²) in [6, 6.07) is 5.49. The molecule has 0 bridgehead atoms. The molecule has 0 radical (unpaired) electrons. The molecule has 1 fully saturated rings. The van der Waals surface area contributed by atoms with E-state index in [1.807, 2.05) is 28.8 Å². The molecule has 7 nitrogen and oxygen atoms in total. The van der Waals surface area contributed by atoms with E-state index in [9.17, 15) is 4.79 Å². The van der Waals surface area contributed by atoms with E-state index in [1.165, 1.54) is 0 Å². The van der Waals surface area contributed by atoms with Crippen LogP contribution in [-0.2, 0) is 4.74 Å². The second-order valence-corrected chi connectivity index (χ2v) is 5.44. The molecule has 3 heterocycles. The molecule has 1 saturated heterocycles. The molecule has 3 rings (SSSR count). The molecule has 0 aromatic carbocycles. The molecule has 2 amide bonds. The third-order valence-electron chi connectivity index (χ3n) is 3.70. The van der Waals surface area contributed by atoms with Gasteiger partial charge in [0.1, 0.15) is 11.5 Å². The van der Waals surface area contributed by atoms with Crippen molar-refractivity contribution < 1.29 is 9.53 Å². The molecule has 1 unspecified atom stereocenters. The Bertz CT molecular complexity index is 642. The van der Waals surface area contributed by atoms with Crippen LogP contribution in [0.1, 0.15) is 6.92 Å². The Labute approximate surface area is 129 Å². The fourth-order valence-electron chi connectivity index (χ4n) is 2.61. The number of carbonyl (C=O) groups excluding carboxylic acids is 1. The molecule has 0 spiro atoms. The van der Waals surface area contributed by atoms with Crippen LogP contribution in [0.3, 0.4) is 0 Å². The van der Waals surface area contributed by atoms with Crippen molar-refractivity contribution in [2.24, 2.45) is 0 Å². The van der Waals surface area contributed by atoms with E-state index < -0.39 is 0 Å². The van der Waals surface area contributed by atoms with Gasteiger partial charge in [0.15, 0.2) is 0 Å². The van der Waals surface area contributed by atoms with Crippen LogP contribution in [0, 0.1) is 0 Å². The number of carbonyl (C=O) groups is 1. The van der Waals surface area contributed by atoms with Gasteiger partial charge in [-0.15, -0.1) is 0 Å². The van der Waals surface area contributed by atoms with Crippen molar-refractivity contribution in [3.63, 3.8) is 0 Å². The van der Waals surface area contributed by atoms with Gasteiger partial charge in [-0.25, -0.2) is 9.78 Å². The van der Waals surface area contributed by atoms with Crippen molar-refractivity contribution in [2.75, 3.05) is 38.1 Å². The van der Waals surface area contributed by atoms with Gasteiger partial charge in [0, 0.05) is 32.4 Å². The van der Waals surface area contributed by atoms with Crippen molar-refractivity contribution in [2.45, 2.75) is 13.0 Å². The van der Waals surface area contributed by atoms with Crippen LogP contribution in [0.2, 0.25) is 0 Å². The number of pyridine rings is 1. The number of amides is 2. The standard InChI is InChI=1S/C15H21N5O2/c1-12-11-19(8-9-22-12)7-5-16-15(21)18-14-10-17-13-4-2-3-6-20(13)14/h2-4,6,10,12H,5,7-9,11H2,1H3,(H2,16,18,21). The van der Waals surface area contributed by atoms with Crippen LogP contribution < -0.4 is 10.6 Å². The van der Waals surface area contributed by atoms with Crippen LogP contribution in [0.15, 0.2) is 30.6 Å². The maximum atomic E-state index is 12.0. The predicted molar refractivity (Wildman–Crippen MR) is 84.1 cm³/mol. The van der Waals surface area contributed by atoms with Gasteiger partial charge in [0.2, 0.25) is 0 Å². The number of hydrogen-bond donors (Lipinski definition) is 2. The lowest BCUT2D eigenvalue weighted by Gasteiger charge is -2.30. The Morgan fingerprint density at radius 1 is 1.50 bits per heavy atom. The SMILES string of the molecule is CC1CN(CCNC(=O)Nc2cnc3ccccn23)CCO1. The van der Waals surface area contributed by atoms with Gasteiger partial charge in [-0.2, -0.15) is 0 Å². The summed E-state index contributed by atoms with van der Waals surface area (Å²) in [4.78, 5) is 18.5. The predicted octanol–water partition coefficient (Wildman–Crippen LogP) is 1.18. The highest BCUT2D eigenvalue weighted by atomic mass is 16.5. The molecular weight excluding hydrogens is 282 g/mol. The molecule has 0 aliphatic carbocycles. The van der Waals surface area contributed by atoms with Crippen LogP contribution in [0.25, 0.3) is 5.65 Å². The second kappa shape index (κ2) is 6.76. The summed E-state index contributed by atoms with van der Waals surface area (Å²) < 4.78 is 7.33. The molecule has 2 aromatic rings. The van der Waals surface area contributed by atoms with E-state index >= 15 is 0 Å². The fourth-order valence-corrected chi connectivity index (χ4v) is 2.61. The third kappa shape index (κ3) is 3.55. The lowest BCUT2D eigenvalue weighted by atomic mass is 10.3. The highest BCUT2D eigenvalue weighted by molar-refractivity contribution is 5.88. The van der Waals surface area contributed by atoms with Gasteiger partial charge in [-0.05, 0) is 19.1 Å². The Morgan fingerprint density at radius 2 is 2.41 bits per heavy atom. The van der Waals surface area contributed by atoms with Crippen molar-refractivity contribution in [1.82, 2.24) is 19.6 Å². The van der Waals surface area contributed by atoms with Crippen molar-refractivity contribution in [3.05, 3.63) is 30.6 Å². The van der Waals surface area contributed by atoms with Gasteiger partial charge in [0.25, 0.3) is 0 Å². The quantitative estimate of drug-likeness (QED) is 0.889. The van der Waals surface area contributed by atoms with Gasteiger partial charge in [0.05, 0.1) is 18.9 Å². The van der Waals surface area contributed by atoms with Crippen LogP contribution in [-0.4, -0.2) is 59.2 Å². The maximum Gasteiger partial charge on any atom is 0.320 e. The zero-order chi connectivity index (χ0) is 15.4. The highest BCUT2D eigenvalue weighted by Gasteiger charge is 2.16. The molecule has 118 valence electrons. The number of nitrogens with zero attached hydrogens (tertiary/aromatic N) is 3. The largest absolute Gasteiger partial charge is 0.376 e. The molecule has 1 aliphatic rings. The van der Waals surface area contributed by atoms with Gasteiger partial charge < -0.3 is 10.1 Å². The minimum atomic E-state index is -0.216. The Morgan fingerprint density at radius 3 is 3.27 bits per heavy atom. The minimum absolute atomic E-state index is 0.216. The van der Waals surface area contributed by atoms with Gasteiger partial charge >= 0.3 is 6.03 Å². The number of urea groups is 1. The molecule has 22 heavy (non-hydrogen) atoms. The van der Waals surface area contributed by atoms with Crippen LogP contribution in [0.5, 0.6) is 0 Å². The summed E-state index contributed by atoms with van der Waals surface area (Å²) in [5.74, 6) is 0.660. The van der Waals surface area contributed by atoms with Gasteiger partial charge in [-0.1, -0.05) is 6.07 Å². The summed E-state index contributed by atoms with van der Waals surface area (Å²) in [6.45, 7) is 6.09. The lowest BCUT2D eigenvalue weighted by Crippen LogP contribution is -2.45. The molecule has 0 saturated carbocycles. The molecule has 2 aromatic heterocycles. The van der Waals surface area contributed by atoms with E-state index in [0.29, 0.717) is 12.4 Å². The normalized spacial score (nSPS) is 19.2. The first-order chi connectivity index (χ1) is 10.7. The summed E-state index contributed by atoms with van der Waals surface area (Å²) in [6.07, 6.45) is 3.78. The number of anilines is 1. The molecular formula is C15H21N5O2. The summed E-state index contributed by atoms with van der Waals surface area (Å²) in [7, 11) is 0. The molecule has 7 heteroatoms. The Kier molecular flexibility index (Phi) is 4.55. The first kappa shape index (κ1) is 14.8. The number of aromatic nitrogens is 2. The maximum absolute atomic E-state index is 12.0. The van der Waals surface area contributed by atoms with E-state index in [1.54, 1.807) is 6.20 Å². The minimum Gasteiger partial charge on any atom is -0.376 e. The van der Waals surface area contributed by atoms with E-state index in [-0.39, 0.29) is 12.1 Å². The molecule has 1 atom stereocenters. The van der Waals surface area contributed by atoms with E-state index in [0.717, 1.165) is 31.9 Å². The summed E-state index contributed by atoms with van der Waals surface area (Å²) >= 11 is 0. The van der Waals surface area contributed by atoms with Crippen LogP contribution in [0.4, 0.5) is 10.6 Å². The number of rotatable bonds is 4. The van der Waals surface area contributed by atoms with Gasteiger partial charge in [-0.3, -0.25) is 14.6 Å². The van der Waals surface area contributed by atoms with Crippen molar-refractivity contribution >= 4 is 17.5 Å². The molecule has 2 N–H and O–H groups in total. The number of ether oxygens (including phenoxy) is 1. The van der Waals surface area contributed by atoms with E-state index in [4.69, 9.17) is 4.74 Å². The first-order valence-electron chi connectivity index (χ1n) is 7.53. The molecule has 1 aliphatic heterocycles. The first-order valence-corrected chi connectivity index (χ1v) is 7.53. The van der Waals surface area contributed by atoms with E-state index in [2.05, 4.69) is 27.4 Å². The monoisotopic (exact) mass is 303 g/mol. The number of nitrogens with one attached hydrogen (secondary N) is 2. The average Bonchev–Trinajstić information content (AvgIpc) is 2.91. The second-order valence-electron chi connectivity index (χ2n) is 5.44. The number of hydrogen-bond acceptors (Lipinski definition) is 4. The van der Waals surface area contributed by atoms with Crippen LogP contribution >= 0.6 is 0 Å². The number of morpholine rings is 1. The average molecular weight is 303 g/mol. The highest BCUT2D eigenvalue weighted by Crippen LogP contribution is 2.10. The zero-order valence-electron chi connectivity index (χ0n) is 12.7. The van der Waals surface area contributed by atoms with Crippen molar-refractivity contribution in [3.8, 4) is 0 Å². The van der Waals surface area contributed by atoms with Crippen molar-refractivity contribution in [1.29, 1.82) is 0 Å². The third-order valence-corrected chi connectivity index (χ3v) is 3.70. The lowest BCUT2D eigenvalue weighted by molar-refractivity contribution is -0.0174. The Hall–Kier alpha value is -2.12. The summed E-state index contributed by atoms with van der Waals surface area (Å²) in [5, 5.41) is 5.69. The summed E-state index contributed by atoms with van der Waals surface area (Å²) in [5.41, 5.74) is 0.806. The zero-order valence-corrected chi connectivity index (χ0v) is 12.7. The topological polar surface area (TPSA) is 70.9 Å². The number of imidazole rings is 1. The Balaban J connectivity index is 1.46.